The van der Waals surface area contributed by atoms with Crippen LogP contribution in [0.5, 0.6) is 0 Å². The highest BCUT2D eigenvalue weighted by molar-refractivity contribution is 5.78. The number of carbonyl (C=O) groups is 1. The van der Waals surface area contributed by atoms with Gasteiger partial charge in [-0.15, -0.1) is 0 Å². The lowest BCUT2D eigenvalue weighted by atomic mass is 9.93. The average molecular weight is 182 g/mol. The molecule has 4 heteroatoms. The van der Waals surface area contributed by atoms with Gasteiger partial charge in [0.15, 0.2) is 0 Å². The van der Waals surface area contributed by atoms with Crippen LogP contribution in [0.1, 0.15) is 32.1 Å². The minimum absolute atomic E-state index is 0.0598. The molecule has 0 aromatic rings. The molecule has 1 rings (SSSR count). The van der Waals surface area contributed by atoms with Crippen LogP contribution in [0.4, 0.5) is 0 Å². The molecule has 2 unspecified atom stereocenters. The summed E-state index contributed by atoms with van der Waals surface area (Å²) < 4.78 is 0. The highest BCUT2D eigenvalue weighted by Gasteiger charge is 2.21. The second-order valence-corrected chi connectivity index (χ2v) is 3.42. The van der Waals surface area contributed by atoms with Gasteiger partial charge >= 0.3 is 0 Å². The summed E-state index contributed by atoms with van der Waals surface area (Å²) in [4.78, 5) is 11.0. The second kappa shape index (κ2) is 4.83. The number of aliphatic hydroxyl groups excluding tert-OH is 1. The van der Waals surface area contributed by atoms with E-state index < -0.39 is 0 Å². The third-order valence-corrected chi connectivity index (χ3v) is 2.25. The van der Waals surface area contributed by atoms with Crippen LogP contribution in [0.2, 0.25) is 0 Å². The van der Waals surface area contributed by atoms with Gasteiger partial charge in [0.2, 0.25) is 5.91 Å². The third kappa shape index (κ3) is 3.43. The van der Waals surface area contributed by atoms with Crippen molar-refractivity contribution in [2.75, 3.05) is 0 Å². The molecule has 0 aromatic carbocycles. The zero-order valence-corrected chi connectivity index (χ0v) is 7.49. The van der Waals surface area contributed by atoms with Gasteiger partial charge in [-0.25, -0.2) is 0 Å². The molecule has 1 saturated carbocycles. The summed E-state index contributed by atoms with van der Waals surface area (Å²) in [5.74, 6) is -0.235. The lowest BCUT2D eigenvalue weighted by Gasteiger charge is -2.26. The zero-order valence-electron chi connectivity index (χ0n) is 7.49. The summed E-state index contributed by atoms with van der Waals surface area (Å²) in [5, 5.41) is 20.3. The number of aliphatic hydroxyl groups is 1. The Kier molecular flexibility index (Phi) is 3.71. The van der Waals surface area contributed by atoms with Gasteiger partial charge in [0, 0.05) is 6.04 Å². The Balaban J connectivity index is 2.28. The van der Waals surface area contributed by atoms with Crippen LogP contribution in [0.3, 0.4) is 0 Å². The summed E-state index contributed by atoms with van der Waals surface area (Å²) >= 11 is 0. The molecule has 0 spiro atoms. The van der Waals surface area contributed by atoms with Gasteiger partial charge in [-0.3, -0.25) is 4.79 Å². The number of hydrogen-bond donors (Lipinski definition) is 2. The summed E-state index contributed by atoms with van der Waals surface area (Å²) in [5.41, 5.74) is 0. The van der Waals surface area contributed by atoms with Gasteiger partial charge in [-0.1, -0.05) is 0 Å². The number of carbonyl (C=O) groups excluding carboxylic acids is 1. The van der Waals surface area contributed by atoms with Gasteiger partial charge in [0.05, 0.1) is 12.2 Å². The van der Waals surface area contributed by atoms with Gasteiger partial charge in [-0.2, -0.15) is 5.26 Å². The molecule has 4 nitrogen and oxygen atoms in total. The summed E-state index contributed by atoms with van der Waals surface area (Å²) in [7, 11) is 0. The number of hydrogen-bond acceptors (Lipinski definition) is 3. The second-order valence-electron chi connectivity index (χ2n) is 3.42. The first-order valence-electron chi connectivity index (χ1n) is 4.56. The Bertz CT molecular complexity index is 222. The Morgan fingerprint density at radius 2 is 2.38 bits per heavy atom. The van der Waals surface area contributed by atoms with Crippen molar-refractivity contribution in [3.8, 4) is 6.07 Å². The molecule has 0 radical (unpaired) electrons. The number of nitrogens with zero attached hydrogens (tertiary/aromatic N) is 1. The van der Waals surface area contributed by atoms with E-state index in [4.69, 9.17) is 5.26 Å². The fraction of sp³-hybridized carbons (Fsp3) is 0.778. The smallest absolute Gasteiger partial charge is 0.234 e. The topological polar surface area (TPSA) is 73.1 Å². The highest BCUT2D eigenvalue weighted by Crippen LogP contribution is 2.18. The van der Waals surface area contributed by atoms with E-state index in [0.29, 0.717) is 6.42 Å². The quantitative estimate of drug-likeness (QED) is 0.646. The van der Waals surface area contributed by atoms with Crippen LogP contribution in [0, 0.1) is 11.3 Å². The van der Waals surface area contributed by atoms with E-state index in [1.807, 2.05) is 0 Å². The van der Waals surface area contributed by atoms with E-state index in [0.717, 1.165) is 19.3 Å². The van der Waals surface area contributed by atoms with E-state index >= 15 is 0 Å². The lowest BCUT2D eigenvalue weighted by Crippen LogP contribution is -2.39. The van der Waals surface area contributed by atoms with Crippen molar-refractivity contribution in [3.05, 3.63) is 0 Å². The van der Waals surface area contributed by atoms with E-state index in [9.17, 15) is 9.90 Å². The van der Waals surface area contributed by atoms with E-state index in [1.54, 1.807) is 6.07 Å². The molecule has 2 N–H and O–H groups in total. The van der Waals surface area contributed by atoms with Gasteiger partial charge < -0.3 is 10.4 Å². The van der Waals surface area contributed by atoms with Crippen molar-refractivity contribution < 1.29 is 9.90 Å². The maximum atomic E-state index is 11.0. The van der Waals surface area contributed by atoms with Crippen LogP contribution in [0.25, 0.3) is 0 Å². The average Bonchev–Trinajstić information content (AvgIpc) is 2.04. The molecule has 0 bridgehead atoms. The number of nitrogens with one attached hydrogen (secondary N) is 1. The predicted octanol–water partition coefficient (Wildman–Crippen LogP) is 0.320. The minimum Gasteiger partial charge on any atom is -0.393 e. The Morgan fingerprint density at radius 1 is 1.62 bits per heavy atom. The standard InChI is InChI=1S/C9H14N2O2/c10-5-4-9(13)11-7-2-1-3-8(12)6-7/h7-8,12H,1-4,6H2,(H,11,13). The maximum absolute atomic E-state index is 11.0. The molecule has 1 amide bonds. The monoisotopic (exact) mass is 182 g/mol. The molecule has 0 saturated heterocycles. The van der Waals surface area contributed by atoms with Crippen molar-refractivity contribution in [1.29, 1.82) is 5.26 Å². The number of amides is 1. The molecule has 1 aliphatic rings. The maximum Gasteiger partial charge on any atom is 0.234 e. The predicted molar refractivity (Wildman–Crippen MR) is 46.6 cm³/mol. The minimum atomic E-state index is -0.291. The zero-order chi connectivity index (χ0) is 9.68. The van der Waals surface area contributed by atoms with Crippen LogP contribution in [0.15, 0.2) is 0 Å². The summed E-state index contributed by atoms with van der Waals surface area (Å²) in [6.07, 6.45) is 2.92. The molecule has 1 fully saturated rings. The molecule has 0 heterocycles. The normalized spacial score (nSPS) is 27.7. The molecule has 2 atom stereocenters. The fourth-order valence-corrected chi connectivity index (χ4v) is 1.65. The molecule has 13 heavy (non-hydrogen) atoms. The van der Waals surface area contributed by atoms with Crippen molar-refractivity contribution in [1.82, 2.24) is 5.32 Å². The Labute approximate surface area is 77.6 Å². The van der Waals surface area contributed by atoms with E-state index in [1.165, 1.54) is 0 Å². The summed E-state index contributed by atoms with van der Waals surface area (Å²) in [6.45, 7) is 0. The van der Waals surface area contributed by atoms with E-state index in [-0.39, 0.29) is 24.5 Å². The van der Waals surface area contributed by atoms with Gasteiger partial charge in [0.1, 0.15) is 6.42 Å². The first-order valence-corrected chi connectivity index (χ1v) is 4.56. The molecule has 72 valence electrons. The molecular formula is C9H14N2O2. The first kappa shape index (κ1) is 10.0. The summed E-state index contributed by atoms with van der Waals surface area (Å²) in [6, 6.07) is 1.85. The van der Waals surface area contributed by atoms with Crippen molar-refractivity contribution in [3.63, 3.8) is 0 Å². The number of rotatable bonds is 2. The van der Waals surface area contributed by atoms with Crippen LogP contribution in [-0.2, 0) is 4.79 Å². The van der Waals surface area contributed by atoms with Crippen molar-refractivity contribution in [2.24, 2.45) is 0 Å². The van der Waals surface area contributed by atoms with Gasteiger partial charge in [-0.05, 0) is 25.7 Å². The largest absolute Gasteiger partial charge is 0.393 e. The Morgan fingerprint density at radius 3 is 3.00 bits per heavy atom. The first-order chi connectivity index (χ1) is 6.22. The molecular weight excluding hydrogens is 168 g/mol. The van der Waals surface area contributed by atoms with Gasteiger partial charge in [0.25, 0.3) is 0 Å². The van der Waals surface area contributed by atoms with E-state index in [2.05, 4.69) is 5.32 Å². The Hall–Kier alpha value is -1.08. The molecule has 0 aromatic heterocycles. The lowest BCUT2D eigenvalue weighted by molar-refractivity contribution is -0.121. The van der Waals surface area contributed by atoms with Crippen molar-refractivity contribution >= 4 is 5.91 Å². The molecule has 1 aliphatic carbocycles. The number of nitriles is 1. The van der Waals surface area contributed by atoms with Crippen LogP contribution < -0.4 is 5.32 Å². The van der Waals surface area contributed by atoms with Crippen LogP contribution >= 0.6 is 0 Å². The van der Waals surface area contributed by atoms with Crippen LogP contribution in [-0.4, -0.2) is 23.2 Å². The fourth-order valence-electron chi connectivity index (χ4n) is 1.65. The van der Waals surface area contributed by atoms with Crippen molar-refractivity contribution in [2.45, 2.75) is 44.2 Å². The molecule has 0 aliphatic heterocycles. The third-order valence-electron chi connectivity index (χ3n) is 2.25. The SMILES string of the molecule is N#CCC(=O)NC1CCCC(O)C1. The highest BCUT2D eigenvalue weighted by atomic mass is 16.3.